The Kier molecular flexibility index (Phi) is 5.87. The van der Waals surface area contributed by atoms with Gasteiger partial charge >= 0.3 is 0 Å². The fraction of sp³-hybridized carbons (Fsp3) is 0.0952. The third-order valence-electron chi connectivity index (χ3n) is 4.16. The highest BCUT2D eigenvalue weighted by Crippen LogP contribution is 2.18. The third-order valence-corrected chi connectivity index (χ3v) is 5.56. The van der Waals surface area contributed by atoms with Gasteiger partial charge in [0.05, 0.1) is 4.90 Å². The standard InChI is InChI=1S/C21H19FN2O3S/c1-15-10-11-18(22)13-20(15)24-21(25)17-8-5-9-19(12-17)28(26,27)23-14-16-6-3-2-4-7-16/h2-13,23H,14H2,1H3,(H,24,25). The van der Waals surface area contributed by atoms with E-state index in [0.29, 0.717) is 11.3 Å². The molecule has 5 nitrogen and oxygen atoms in total. The second kappa shape index (κ2) is 8.33. The van der Waals surface area contributed by atoms with Crippen molar-refractivity contribution in [3.05, 3.63) is 95.3 Å². The molecule has 0 spiro atoms. The Labute approximate surface area is 163 Å². The molecule has 3 aromatic carbocycles. The van der Waals surface area contributed by atoms with Gasteiger partial charge in [-0.1, -0.05) is 42.5 Å². The largest absolute Gasteiger partial charge is 0.322 e. The number of nitrogens with one attached hydrogen (secondary N) is 2. The van der Waals surface area contributed by atoms with Gasteiger partial charge < -0.3 is 5.32 Å². The van der Waals surface area contributed by atoms with Crippen molar-refractivity contribution in [1.82, 2.24) is 4.72 Å². The maximum absolute atomic E-state index is 13.4. The predicted molar refractivity (Wildman–Crippen MR) is 106 cm³/mol. The van der Waals surface area contributed by atoms with Gasteiger partial charge in [0.25, 0.3) is 5.91 Å². The molecule has 3 aromatic rings. The number of carbonyl (C=O) groups is 1. The fourth-order valence-corrected chi connectivity index (χ4v) is 3.65. The Hall–Kier alpha value is -3.03. The molecule has 0 saturated heterocycles. The Bertz CT molecular complexity index is 1100. The molecular weight excluding hydrogens is 379 g/mol. The van der Waals surface area contributed by atoms with Crippen LogP contribution in [-0.4, -0.2) is 14.3 Å². The van der Waals surface area contributed by atoms with Crippen molar-refractivity contribution >= 4 is 21.6 Å². The van der Waals surface area contributed by atoms with E-state index in [1.54, 1.807) is 13.0 Å². The van der Waals surface area contributed by atoms with Crippen LogP contribution in [0.25, 0.3) is 0 Å². The number of anilines is 1. The van der Waals surface area contributed by atoms with Crippen LogP contribution in [0.3, 0.4) is 0 Å². The topological polar surface area (TPSA) is 75.3 Å². The molecule has 7 heteroatoms. The minimum Gasteiger partial charge on any atom is -0.322 e. The first-order valence-electron chi connectivity index (χ1n) is 8.56. The van der Waals surface area contributed by atoms with Crippen molar-refractivity contribution in [3.8, 4) is 0 Å². The predicted octanol–water partition coefficient (Wildman–Crippen LogP) is 3.86. The van der Waals surface area contributed by atoms with Gasteiger partial charge in [-0.3, -0.25) is 4.79 Å². The minimum atomic E-state index is -3.79. The lowest BCUT2D eigenvalue weighted by Crippen LogP contribution is -2.23. The van der Waals surface area contributed by atoms with E-state index in [1.807, 2.05) is 30.3 Å². The maximum atomic E-state index is 13.4. The van der Waals surface area contributed by atoms with E-state index in [-0.39, 0.29) is 17.0 Å². The van der Waals surface area contributed by atoms with Gasteiger partial charge in [-0.15, -0.1) is 0 Å². The molecule has 0 aromatic heterocycles. The molecule has 0 saturated carbocycles. The first kappa shape index (κ1) is 19.7. The summed E-state index contributed by atoms with van der Waals surface area (Å²) in [5.74, 6) is -0.990. The summed E-state index contributed by atoms with van der Waals surface area (Å²) in [6, 6.07) is 18.9. The Morgan fingerprint density at radius 1 is 0.964 bits per heavy atom. The van der Waals surface area contributed by atoms with Gasteiger partial charge in [0, 0.05) is 17.8 Å². The molecule has 1 amide bonds. The van der Waals surface area contributed by atoms with E-state index in [2.05, 4.69) is 10.0 Å². The fourth-order valence-electron chi connectivity index (χ4n) is 2.59. The van der Waals surface area contributed by atoms with Crippen LogP contribution in [-0.2, 0) is 16.6 Å². The van der Waals surface area contributed by atoms with Crippen molar-refractivity contribution in [1.29, 1.82) is 0 Å². The lowest BCUT2D eigenvalue weighted by Gasteiger charge is -2.10. The van der Waals surface area contributed by atoms with Gasteiger partial charge in [-0.05, 0) is 48.4 Å². The highest BCUT2D eigenvalue weighted by Gasteiger charge is 2.16. The number of rotatable bonds is 6. The smallest absolute Gasteiger partial charge is 0.255 e. The number of halogens is 1. The summed E-state index contributed by atoms with van der Waals surface area (Å²) in [6.45, 7) is 1.88. The van der Waals surface area contributed by atoms with Crippen molar-refractivity contribution in [2.75, 3.05) is 5.32 Å². The monoisotopic (exact) mass is 398 g/mol. The molecule has 0 aliphatic heterocycles. The van der Waals surface area contributed by atoms with E-state index in [0.717, 1.165) is 5.56 Å². The number of sulfonamides is 1. The number of benzene rings is 3. The van der Waals surface area contributed by atoms with Crippen molar-refractivity contribution in [3.63, 3.8) is 0 Å². The molecule has 2 N–H and O–H groups in total. The van der Waals surface area contributed by atoms with Crippen LogP contribution in [0.15, 0.2) is 77.7 Å². The summed E-state index contributed by atoms with van der Waals surface area (Å²) in [4.78, 5) is 12.5. The quantitative estimate of drug-likeness (QED) is 0.662. The highest BCUT2D eigenvalue weighted by molar-refractivity contribution is 7.89. The van der Waals surface area contributed by atoms with Gasteiger partial charge in [0.1, 0.15) is 5.82 Å². The molecular formula is C21H19FN2O3S. The maximum Gasteiger partial charge on any atom is 0.255 e. The molecule has 0 atom stereocenters. The highest BCUT2D eigenvalue weighted by atomic mass is 32.2. The Morgan fingerprint density at radius 2 is 1.71 bits per heavy atom. The first-order chi connectivity index (χ1) is 13.3. The number of hydrogen-bond donors (Lipinski definition) is 2. The van der Waals surface area contributed by atoms with Crippen LogP contribution in [0.5, 0.6) is 0 Å². The zero-order chi connectivity index (χ0) is 20.1. The number of carbonyl (C=O) groups excluding carboxylic acids is 1. The van der Waals surface area contributed by atoms with E-state index in [1.165, 1.54) is 36.4 Å². The first-order valence-corrected chi connectivity index (χ1v) is 10.0. The molecule has 144 valence electrons. The van der Waals surface area contributed by atoms with Gasteiger partial charge in [-0.2, -0.15) is 0 Å². The second-order valence-electron chi connectivity index (χ2n) is 6.25. The van der Waals surface area contributed by atoms with E-state index < -0.39 is 21.7 Å². The SMILES string of the molecule is Cc1ccc(F)cc1NC(=O)c1cccc(S(=O)(=O)NCc2ccccc2)c1. The van der Waals surface area contributed by atoms with Crippen LogP contribution in [0.4, 0.5) is 10.1 Å². The zero-order valence-electron chi connectivity index (χ0n) is 15.1. The third kappa shape index (κ3) is 4.82. The Balaban J connectivity index is 1.77. The average Bonchev–Trinajstić information content (AvgIpc) is 2.70. The molecule has 0 aliphatic carbocycles. The molecule has 0 radical (unpaired) electrons. The molecule has 28 heavy (non-hydrogen) atoms. The summed E-state index contributed by atoms with van der Waals surface area (Å²) < 4.78 is 41.0. The molecule has 0 bridgehead atoms. The summed E-state index contributed by atoms with van der Waals surface area (Å²) >= 11 is 0. The van der Waals surface area contributed by atoms with E-state index in [4.69, 9.17) is 0 Å². The Morgan fingerprint density at radius 3 is 2.46 bits per heavy atom. The van der Waals surface area contributed by atoms with Crippen LogP contribution < -0.4 is 10.0 Å². The molecule has 0 aliphatic rings. The number of aryl methyl sites for hydroxylation is 1. The van der Waals surface area contributed by atoms with Gasteiger partial charge in [0.2, 0.25) is 10.0 Å². The van der Waals surface area contributed by atoms with Crippen molar-refractivity contribution in [2.24, 2.45) is 0 Å². The molecule has 0 unspecified atom stereocenters. The molecule has 0 heterocycles. The zero-order valence-corrected chi connectivity index (χ0v) is 16.0. The lowest BCUT2D eigenvalue weighted by molar-refractivity contribution is 0.102. The molecule has 3 rings (SSSR count). The van der Waals surface area contributed by atoms with Crippen molar-refractivity contribution in [2.45, 2.75) is 18.4 Å². The summed E-state index contributed by atoms with van der Waals surface area (Å²) in [5, 5.41) is 2.61. The minimum absolute atomic E-state index is 0.0213. The summed E-state index contributed by atoms with van der Waals surface area (Å²) in [5.41, 5.74) is 2.01. The van der Waals surface area contributed by atoms with Gasteiger partial charge in [0.15, 0.2) is 0 Å². The van der Waals surface area contributed by atoms with E-state index >= 15 is 0 Å². The van der Waals surface area contributed by atoms with Crippen LogP contribution in [0.2, 0.25) is 0 Å². The van der Waals surface area contributed by atoms with E-state index in [9.17, 15) is 17.6 Å². The number of hydrogen-bond acceptors (Lipinski definition) is 3. The van der Waals surface area contributed by atoms with Crippen molar-refractivity contribution < 1.29 is 17.6 Å². The normalized spacial score (nSPS) is 11.2. The molecule has 0 fully saturated rings. The number of amides is 1. The van der Waals surface area contributed by atoms with Crippen LogP contribution in [0.1, 0.15) is 21.5 Å². The summed E-state index contributed by atoms with van der Waals surface area (Å²) in [6.07, 6.45) is 0. The van der Waals surface area contributed by atoms with Crippen LogP contribution >= 0.6 is 0 Å². The summed E-state index contributed by atoms with van der Waals surface area (Å²) in [7, 11) is -3.79. The average molecular weight is 398 g/mol. The lowest BCUT2D eigenvalue weighted by atomic mass is 10.1. The second-order valence-corrected chi connectivity index (χ2v) is 8.02. The van der Waals surface area contributed by atoms with Gasteiger partial charge in [-0.25, -0.2) is 17.5 Å². The van der Waals surface area contributed by atoms with Crippen LogP contribution in [0, 0.1) is 12.7 Å².